The number of piperazine rings is 1. The van der Waals surface area contributed by atoms with Crippen molar-refractivity contribution < 1.29 is 19.3 Å². The molecule has 0 unspecified atom stereocenters. The maximum absolute atomic E-state index is 13.1. The van der Waals surface area contributed by atoms with Gasteiger partial charge < -0.3 is 9.80 Å². The zero-order chi connectivity index (χ0) is 22.9. The molecule has 6 nitrogen and oxygen atoms in total. The van der Waals surface area contributed by atoms with Crippen LogP contribution in [0.5, 0.6) is 0 Å². The summed E-state index contributed by atoms with van der Waals surface area (Å²) in [4.78, 5) is 43.5. The molecule has 1 saturated heterocycles. The van der Waals surface area contributed by atoms with Gasteiger partial charge in [0.25, 0.3) is 17.7 Å². The van der Waals surface area contributed by atoms with Gasteiger partial charge in [-0.2, -0.15) is 0 Å². The van der Waals surface area contributed by atoms with Crippen molar-refractivity contribution in [1.29, 1.82) is 0 Å². The molecule has 33 heavy (non-hydrogen) atoms. The van der Waals surface area contributed by atoms with Crippen LogP contribution in [0, 0.1) is 6.92 Å². The SMILES string of the molecule is Cc1ccc(N2C(=O)c3ccc(C(=O)N4CC[NH+](Cc5ccccc5)CC4)cc3C2=O)cc1. The number of rotatable bonds is 4. The summed E-state index contributed by atoms with van der Waals surface area (Å²) in [5.74, 6) is -0.827. The van der Waals surface area contributed by atoms with Crippen LogP contribution in [-0.2, 0) is 6.54 Å². The molecule has 0 aliphatic carbocycles. The van der Waals surface area contributed by atoms with Crippen molar-refractivity contribution in [2.24, 2.45) is 0 Å². The highest BCUT2D eigenvalue weighted by Crippen LogP contribution is 2.29. The van der Waals surface area contributed by atoms with Gasteiger partial charge in [0.1, 0.15) is 6.54 Å². The lowest BCUT2D eigenvalue weighted by Gasteiger charge is -2.32. The van der Waals surface area contributed by atoms with Crippen LogP contribution in [0.4, 0.5) is 5.69 Å². The first-order chi connectivity index (χ1) is 16.0. The van der Waals surface area contributed by atoms with Crippen molar-refractivity contribution in [3.05, 3.63) is 101 Å². The number of hydrogen-bond acceptors (Lipinski definition) is 3. The number of carbonyl (C=O) groups is 3. The Labute approximate surface area is 193 Å². The van der Waals surface area contributed by atoms with Crippen LogP contribution in [0.15, 0.2) is 72.8 Å². The Balaban J connectivity index is 1.28. The molecule has 2 heterocycles. The second-order valence-electron chi connectivity index (χ2n) is 8.75. The Kier molecular flexibility index (Phi) is 5.52. The van der Waals surface area contributed by atoms with Gasteiger partial charge in [-0.25, -0.2) is 4.90 Å². The van der Waals surface area contributed by atoms with E-state index in [1.807, 2.05) is 42.2 Å². The molecule has 1 fully saturated rings. The molecule has 3 aromatic rings. The molecule has 6 heteroatoms. The van der Waals surface area contributed by atoms with Crippen molar-refractivity contribution in [2.45, 2.75) is 13.5 Å². The largest absolute Gasteiger partial charge is 0.328 e. The summed E-state index contributed by atoms with van der Waals surface area (Å²) in [6.07, 6.45) is 0. The molecule has 0 saturated carbocycles. The van der Waals surface area contributed by atoms with Crippen molar-refractivity contribution in [3.63, 3.8) is 0 Å². The molecular formula is C27H26N3O3+. The average Bonchev–Trinajstić information content (AvgIpc) is 3.10. The van der Waals surface area contributed by atoms with Crippen LogP contribution in [0.2, 0.25) is 0 Å². The topological polar surface area (TPSA) is 62.1 Å². The molecule has 2 aliphatic heterocycles. The van der Waals surface area contributed by atoms with E-state index >= 15 is 0 Å². The summed E-state index contributed by atoms with van der Waals surface area (Å²) >= 11 is 0. The number of fused-ring (bicyclic) bond motifs is 1. The molecule has 0 spiro atoms. The van der Waals surface area contributed by atoms with E-state index < -0.39 is 0 Å². The van der Waals surface area contributed by atoms with E-state index in [1.54, 1.807) is 30.3 Å². The van der Waals surface area contributed by atoms with Gasteiger partial charge in [0, 0.05) is 11.1 Å². The second kappa shape index (κ2) is 8.64. The number of aryl methyl sites for hydroxylation is 1. The number of carbonyl (C=O) groups excluding carboxylic acids is 3. The Hall–Kier alpha value is -3.77. The first-order valence-corrected chi connectivity index (χ1v) is 11.3. The fourth-order valence-electron chi connectivity index (χ4n) is 4.57. The van der Waals surface area contributed by atoms with Gasteiger partial charge in [-0.15, -0.1) is 0 Å². The van der Waals surface area contributed by atoms with E-state index in [0.717, 1.165) is 25.2 Å². The van der Waals surface area contributed by atoms with E-state index in [1.165, 1.54) is 15.4 Å². The number of hydrogen-bond donors (Lipinski definition) is 1. The predicted octanol–water partition coefficient (Wildman–Crippen LogP) is 2.34. The van der Waals surface area contributed by atoms with Gasteiger partial charge in [-0.05, 0) is 37.3 Å². The van der Waals surface area contributed by atoms with Gasteiger partial charge in [0.05, 0.1) is 43.0 Å². The van der Waals surface area contributed by atoms with Crippen LogP contribution < -0.4 is 9.80 Å². The maximum Gasteiger partial charge on any atom is 0.266 e. The molecule has 3 amide bonds. The Morgan fingerprint density at radius 2 is 1.52 bits per heavy atom. The van der Waals surface area contributed by atoms with E-state index in [4.69, 9.17) is 0 Å². The van der Waals surface area contributed by atoms with Crippen molar-refractivity contribution in [3.8, 4) is 0 Å². The minimum absolute atomic E-state index is 0.0920. The Morgan fingerprint density at radius 3 is 2.21 bits per heavy atom. The molecule has 2 aliphatic rings. The first kappa shape index (κ1) is 21.1. The van der Waals surface area contributed by atoms with Crippen molar-refractivity contribution >= 4 is 23.4 Å². The van der Waals surface area contributed by atoms with Gasteiger partial charge >= 0.3 is 0 Å². The standard InChI is InChI=1S/C27H25N3O3/c1-19-7-10-22(11-8-19)30-26(32)23-12-9-21(17-24(23)27(30)33)25(31)29-15-13-28(14-16-29)18-20-5-3-2-4-6-20/h2-12,17H,13-16,18H2,1H3/p+1. The average molecular weight is 441 g/mol. The number of nitrogens with one attached hydrogen (secondary N) is 1. The number of nitrogens with zero attached hydrogens (tertiary/aromatic N) is 2. The molecule has 1 N–H and O–H groups in total. The first-order valence-electron chi connectivity index (χ1n) is 11.3. The van der Waals surface area contributed by atoms with E-state index in [0.29, 0.717) is 35.5 Å². The third kappa shape index (κ3) is 4.05. The summed E-state index contributed by atoms with van der Waals surface area (Å²) < 4.78 is 0. The third-order valence-electron chi connectivity index (χ3n) is 6.48. The van der Waals surface area contributed by atoms with Crippen LogP contribution in [0.3, 0.4) is 0 Å². The van der Waals surface area contributed by atoms with E-state index in [9.17, 15) is 14.4 Å². The second-order valence-corrected chi connectivity index (χ2v) is 8.75. The quantitative estimate of drug-likeness (QED) is 0.634. The highest BCUT2D eigenvalue weighted by molar-refractivity contribution is 6.34. The number of benzene rings is 3. The number of quaternary nitrogens is 1. The molecule has 0 aromatic heterocycles. The third-order valence-corrected chi connectivity index (χ3v) is 6.48. The predicted molar refractivity (Wildman–Crippen MR) is 126 cm³/mol. The van der Waals surface area contributed by atoms with Crippen molar-refractivity contribution in [2.75, 3.05) is 31.1 Å². The van der Waals surface area contributed by atoms with Gasteiger partial charge in [-0.1, -0.05) is 48.0 Å². The van der Waals surface area contributed by atoms with Gasteiger partial charge in [0.15, 0.2) is 0 Å². The highest BCUT2D eigenvalue weighted by atomic mass is 16.2. The van der Waals surface area contributed by atoms with Crippen LogP contribution in [-0.4, -0.2) is 48.8 Å². The summed E-state index contributed by atoms with van der Waals surface area (Å²) in [7, 11) is 0. The lowest BCUT2D eigenvalue weighted by Crippen LogP contribution is -3.13. The molecule has 0 bridgehead atoms. The van der Waals surface area contributed by atoms with E-state index in [-0.39, 0.29) is 17.7 Å². The van der Waals surface area contributed by atoms with Crippen LogP contribution >= 0.6 is 0 Å². The van der Waals surface area contributed by atoms with Crippen LogP contribution in [0.1, 0.15) is 42.2 Å². The molecule has 3 aromatic carbocycles. The smallest absolute Gasteiger partial charge is 0.266 e. The lowest BCUT2D eigenvalue weighted by atomic mass is 10.0. The molecule has 5 rings (SSSR count). The molecule has 0 atom stereocenters. The number of imide groups is 1. The fourth-order valence-corrected chi connectivity index (χ4v) is 4.57. The van der Waals surface area contributed by atoms with Gasteiger partial charge in [0.2, 0.25) is 0 Å². The minimum Gasteiger partial charge on any atom is -0.328 e. The van der Waals surface area contributed by atoms with Gasteiger partial charge in [-0.3, -0.25) is 14.4 Å². The Bertz CT molecular complexity index is 1210. The minimum atomic E-state index is -0.384. The fraction of sp³-hybridized carbons (Fsp3) is 0.222. The highest BCUT2D eigenvalue weighted by Gasteiger charge is 2.37. The van der Waals surface area contributed by atoms with E-state index in [2.05, 4.69) is 12.1 Å². The molecule has 0 radical (unpaired) electrons. The maximum atomic E-state index is 13.1. The zero-order valence-electron chi connectivity index (χ0n) is 18.6. The molecule has 166 valence electrons. The summed E-state index contributed by atoms with van der Waals surface area (Å²) in [6.45, 7) is 6.00. The van der Waals surface area contributed by atoms with Crippen LogP contribution in [0.25, 0.3) is 0 Å². The summed E-state index contributed by atoms with van der Waals surface area (Å²) in [5, 5.41) is 0. The monoisotopic (exact) mass is 440 g/mol. The summed E-state index contributed by atoms with van der Waals surface area (Å²) in [6, 6.07) is 22.5. The Morgan fingerprint density at radius 1 is 0.848 bits per heavy atom. The number of anilines is 1. The number of amides is 3. The summed E-state index contributed by atoms with van der Waals surface area (Å²) in [5.41, 5.74) is 3.97. The normalized spacial score (nSPS) is 16.3. The lowest BCUT2D eigenvalue weighted by molar-refractivity contribution is -0.917. The zero-order valence-corrected chi connectivity index (χ0v) is 18.6. The van der Waals surface area contributed by atoms with Crippen molar-refractivity contribution in [1.82, 2.24) is 4.90 Å². The molecular weight excluding hydrogens is 414 g/mol.